The van der Waals surface area contributed by atoms with Gasteiger partial charge in [-0.15, -0.1) is 0 Å². The van der Waals surface area contributed by atoms with Gasteiger partial charge >= 0.3 is 0 Å². The molecule has 1 aromatic carbocycles. The average molecular weight is 207 g/mol. The lowest BCUT2D eigenvalue weighted by Crippen LogP contribution is -2.13. The van der Waals surface area contributed by atoms with Crippen molar-refractivity contribution >= 4 is 0 Å². The van der Waals surface area contributed by atoms with E-state index in [1.54, 1.807) is 0 Å². The van der Waals surface area contributed by atoms with E-state index in [1.807, 2.05) is 6.92 Å². The van der Waals surface area contributed by atoms with Gasteiger partial charge in [0.15, 0.2) is 0 Å². The predicted molar refractivity (Wildman–Crippen MR) is 64.0 cm³/mol. The minimum absolute atomic E-state index is 0.0927. The zero-order valence-electron chi connectivity index (χ0n) is 9.92. The summed E-state index contributed by atoms with van der Waals surface area (Å²) in [6.07, 6.45) is 0.886. The van der Waals surface area contributed by atoms with E-state index in [-0.39, 0.29) is 6.04 Å². The molecular weight excluding hydrogens is 186 g/mol. The Kier molecular flexibility index (Phi) is 4.79. The van der Waals surface area contributed by atoms with Crippen LogP contribution in [0.1, 0.15) is 36.1 Å². The van der Waals surface area contributed by atoms with Crippen LogP contribution in [0.3, 0.4) is 0 Å². The molecule has 1 aromatic rings. The fourth-order valence-electron chi connectivity index (χ4n) is 1.75. The Morgan fingerprint density at radius 2 is 1.80 bits per heavy atom. The number of rotatable bonds is 5. The summed E-state index contributed by atoms with van der Waals surface area (Å²) in [6.45, 7) is 7.71. The second-order valence-corrected chi connectivity index (χ2v) is 4.01. The molecule has 0 aliphatic heterocycles. The average Bonchev–Trinajstić information content (AvgIpc) is 2.16. The fourth-order valence-corrected chi connectivity index (χ4v) is 1.75. The molecule has 0 radical (unpaired) electrons. The number of nitrogens with two attached hydrogens (primary N) is 1. The Bertz CT molecular complexity index is 289. The number of hydrogen-bond acceptors (Lipinski definition) is 2. The molecule has 0 spiro atoms. The van der Waals surface area contributed by atoms with Crippen LogP contribution in [0.15, 0.2) is 18.2 Å². The molecule has 1 unspecified atom stereocenters. The van der Waals surface area contributed by atoms with Gasteiger partial charge in [-0.05, 0) is 32.8 Å². The molecule has 0 bridgehead atoms. The summed E-state index contributed by atoms with van der Waals surface area (Å²) in [7, 11) is 0. The number of aryl methyl sites for hydroxylation is 2. The Hall–Kier alpha value is -0.860. The zero-order valence-corrected chi connectivity index (χ0v) is 9.92. The Morgan fingerprint density at radius 3 is 2.33 bits per heavy atom. The first-order chi connectivity index (χ1) is 7.13. The van der Waals surface area contributed by atoms with Crippen molar-refractivity contribution in [1.82, 2.24) is 0 Å². The summed E-state index contributed by atoms with van der Waals surface area (Å²) in [6, 6.07) is 6.57. The van der Waals surface area contributed by atoms with E-state index in [9.17, 15) is 0 Å². The smallest absolute Gasteiger partial charge is 0.0483 e. The summed E-state index contributed by atoms with van der Waals surface area (Å²) in [5.41, 5.74) is 9.86. The molecule has 0 saturated carbocycles. The third-order valence-corrected chi connectivity index (χ3v) is 2.45. The van der Waals surface area contributed by atoms with Crippen LogP contribution in [0.5, 0.6) is 0 Å². The van der Waals surface area contributed by atoms with Crippen molar-refractivity contribution in [1.29, 1.82) is 0 Å². The first-order valence-electron chi connectivity index (χ1n) is 5.55. The Labute approximate surface area is 92.4 Å². The highest BCUT2D eigenvalue weighted by Gasteiger charge is 2.06. The normalized spacial score (nSPS) is 12.8. The standard InChI is InChI=1S/C13H21NO/c1-4-15-6-5-13(14)12-8-10(2)7-11(3)9-12/h7-9,13H,4-6,14H2,1-3H3. The van der Waals surface area contributed by atoms with E-state index in [2.05, 4.69) is 32.0 Å². The molecule has 0 aliphatic carbocycles. The lowest BCUT2D eigenvalue weighted by Gasteiger charge is -2.13. The monoisotopic (exact) mass is 207 g/mol. The van der Waals surface area contributed by atoms with E-state index in [0.717, 1.165) is 19.6 Å². The van der Waals surface area contributed by atoms with Crippen molar-refractivity contribution in [2.45, 2.75) is 33.2 Å². The summed E-state index contributed by atoms with van der Waals surface area (Å²) in [5, 5.41) is 0. The van der Waals surface area contributed by atoms with E-state index < -0.39 is 0 Å². The van der Waals surface area contributed by atoms with Gasteiger partial charge in [-0.25, -0.2) is 0 Å². The van der Waals surface area contributed by atoms with E-state index in [1.165, 1.54) is 16.7 Å². The Balaban J connectivity index is 2.60. The van der Waals surface area contributed by atoms with Crippen LogP contribution >= 0.6 is 0 Å². The maximum atomic E-state index is 6.09. The second-order valence-electron chi connectivity index (χ2n) is 4.01. The van der Waals surface area contributed by atoms with E-state index in [4.69, 9.17) is 10.5 Å². The summed E-state index contributed by atoms with van der Waals surface area (Å²) in [4.78, 5) is 0. The van der Waals surface area contributed by atoms with Crippen LogP contribution in [-0.2, 0) is 4.74 Å². The molecule has 0 aromatic heterocycles. The van der Waals surface area contributed by atoms with Gasteiger partial charge in [-0.2, -0.15) is 0 Å². The van der Waals surface area contributed by atoms with Gasteiger partial charge < -0.3 is 10.5 Å². The van der Waals surface area contributed by atoms with Gasteiger partial charge in [0.2, 0.25) is 0 Å². The fraction of sp³-hybridized carbons (Fsp3) is 0.538. The van der Waals surface area contributed by atoms with Gasteiger partial charge in [0.05, 0.1) is 0 Å². The van der Waals surface area contributed by atoms with Crippen molar-refractivity contribution in [2.24, 2.45) is 5.73 Å². The first kappa shape index (κ1) is 12.2. The number of hydrogen-bond donors (Lipinski definition) is 1. The molecule has 1 atom stereocenters. The van der Waals surface area contributed by atoms with Crippen molar-refractivity contribution in [3.63, 3.8) is 0 Å². The molecule has 84 valence electrons. The summed E-state index contributed by atoms with van der Waals surface area (Å²) >= 11 is 0. The molecule has 2 nitrogen and oxygen atoms in total. The van der Waals surface area contributed by atoms with Gasteiger partial charge in [0.25, 0.3) is 0 Å². The molecule has 0 fully saturated rings. The molecule has 15 heavy (non-hydrogen) atoms. The van der Waals surface area contributed by atoms with Crippen LogP contribution in [-0.4, -0.2) is 13.2 Å². The molecule has 2 heteroatoms. The van der Waals surface area contributed by atoms with E-state index >= 15 is 0 Å². The Morgan fingerprint density at radius 1 is 1.20 bits per heavy atom. The maximum Gasteiger partial charge on any atom is 0.0483 e. The first-order valence-corrected chi connectivity index (χ1v) is 5.55. The molecule has 0 amide bonds. The van der Waals surface area contributed by atoms with Gasteiger partial charge in [0, 0.05) is 19.3 Å². The SMILES string of the molecule is CCOCCC(N)c1cc(C)cc(C)c1. The third-order valence-electron chi connectivity index (χ3n) is 2.45. The molecule has 2 N–H and O–H groups in total. The quantitative estimate of drug-likeness (QED) is 0.753. The molecule has 0 heterocycles. The second kappa shape index (κ2) is 5.89. The maximum absolute atomic E-state index is 6.09. The molecule has 0 saturated heterocycles. The highest BCUT2D eigenvalue weighted by Crippen LogP contribution is 2.17. The predicted octanol–water partition coefficient (Wildman–Crippen LogP) is 2.73. The highest BCUT2D eigenvalue weighted by atomic mass is 16.5. The van der Waals surface area contributed by atoms with Crippen molar-refractivity contribution in [3.8, 4) is 0 Å². The molecule has 0 aliphatic rings. The number of ether oxygens (including phenoxy) is 1. The largest absolute Gasteiger partial charge is 0.382 e. The topological polar surface area (TPSA) is 35.2 Å². The van der Waals surface area contributed by atoms with Crippen molar-refractivity contribution < 1.29 is 4.74 Å². The van der Waals surface area contributed by atoms with E-state index in [0.29, 0.717) is 0 Å². The highest BCUT2D eigenvalue weighted by molar-refractivity contribution is 5.30. The lowest BCUT2D eigenvalue weighted by atomic mass is 10.0. The van der Waals surface area contributed by atoms with Crippen LogP contribution in [0.25, 0.3) is 0 Å². The lowest BCUT2D eigenvalue weighted by molar-refractivity contribution is 0.140. The van der Waals surface area contributed by atoms with Crippen LogP contribution < -0.4 is 5.73 Å². The van der Waals surface area contributed by atoms with Gasteiger partial charge in [-0.3, -0.25) is 0 Å². The van der Waals surface area contributed by atoms with Gasteiger partial charge in [0.1, 0.15) is 0 Å². The van der Waals surface area contributed by atoms with Crippen molar-refractivity contribution in [2.75, 3.05) is 13.2 Å². The van der Waals surface area contributed by atoms with Crippen LogP contribution in [0.4, 0.5) is 0 Å². The van der Waals surface area contributed by atoms with Crippen molar-refractivity contribution in [3.05, 3.63) is 34.9 Å². The summed E-state index contributed by atoms with van der Waals surface area (Å²) < 4.78 is 5.31. The number of benzene rings is 1. The van der Waals surface area contributed by atoms with Gasteiger partial charge in [-0.1, -0.05) is 29.3 Å². The minimum atomic E-state index is 0.0927. The molecule has 1 rings (SSSR count). The van der Waals surface area contributed by atoms with Crippen LogP contribution in [0, 0.1) is 13.8 Å². The summed E-state index contributed by atoms with van der Waals surface area (Å²) in [5.74, 6) is 0. The van der Waals surface area contributed by atoms with Crippen LogP contribution in [0.2, 0.25) is 0 Å². The zero-order chi connectivity index (χ0) is 11.3. The third kappa shape index (κ3) is 4.02. The minimum Gasteiger partial charge on any atom is -0.382 e. The molecular formula is C13H21NO.